The highest BCUT2D eigenvalue weighted by molar-refractivity contribution is 14.0. The molecule has 1 fully saturated rings. The number of piperidine rings is 1. The van der Waals surface area contributed by atoms with Crippen molar-refractivity contribution in [1.82, 2.24) is 25.3 Å². The van der Waals surface area contributed by atoms with Gasteiger partial charge in [-0.1, -0.05) is 18.2 Å². The van der Waals surface area contributed by atoms with Gasteiger partial charge < -0.3 is 20.3 Å². The second kappa shape index (κ2) is 12.7. The zero-order valence-electron chi connectivity index (χ0n) is 19.4. The van der Waals surface area contributed by atoms with E-state index in [0.29, 0.717) is 26.2 Å². The minimum atomic E-state index is -0.220. The third-order valence-electron chi connectivity index (χ3n) is 5.54. The first kappa shape index (κ1) is 26.0. The van der Waals surface area contributed by atoms with E-state index in [4.69, 9.17) is 14.8 Å². The third kappa shape index (κ3) is 6.60. The van der Waals surface area contributed by atoms with Gasteiger partial charge in [0.15, 0.2) is 5.96 Å². The molecule has 1 aliphatic rings. The zero-order chi connectivity index (χ0) is 22.2. The summed E-state index contributed by atoms with van der Waals surface area (Å²) in [6, 6.07) is 10.4. The number of likely N-dealkylation sites (tertiary alicyclic amines) is 1. The van der Waals surface area contributed by atoms with E-state index in [1.807, 2.05) is 36.7 Å². The molecule has 0 saturated carbocycles. The number of carbonyl (C=O) groups excluding carboxylic acids is 1. The van der Waals surface area contributed by atoms with Crippen molar-refractivity contribution in [2.75, 3.05) is 26.2 Å². The number of carbonyl (C=O) groups is 1. The van der Waals surface area contributed by atoms with Crippen LogP contribution in [0.25, 0.3) is 5.69 Å². The average Bonchev–Trinajstić information content (AvgIpc) is 3.07. The zero-order valence-corrected chi connectivity index (χ0v) is 21.8. The molecule has 2 N–H and O–H groups in total. The molecule has 176 valence electrons. The maximum atomic E-state index is 11.9. The average molecular weight is 554 g/mol. The summed E-state index contributed by atoms with van der Waals surface area (Å²) in [5.41, 5.74) is 4.28. The first-order chi connectivity index (χ1) is 15.0. The molecule has 2 aromatic rings. The van der Waals surface area contributed by atoms with Gasteiger partial charge in [0.25, 0.3) is 0 Å². The summed E-state index contributed by atoms with van der Waals surface area (Å²) in [4.78, 5) is 18.5. The number of ether oxygens (including phenoxy) is 1. The Morgan fingerprint density at radius 3 is 2.50 bits per heavy atom. The first-order valence-electron chi connectivity index (χ1n) is 11.1. The number of halogens is 1. The van der Waals surface area contributed by atoms with E-state index >= 15 is 0 Å². The molecule has 0 unspecified atom stereocenters. The van der Waals surface area contributed by atoms with Crippen LogP contribution >= 0.6 is 24.0 Å². The van der Waals surface area contributed by atoms with Gasteiger partial charge in [-0.25, -0.2) is 14.5 Å². The summed E-state index contributed by atoms with van der Waals surface area (Å²) < 4.78 is 7.08. The Bertz CT molecular complexity index is 891. The van der Waals surface area contributed by atoms with E-state index in [0.717, 1.165) is 48.0 Å². The number of aromatic nitrogens is 2. The van der Waals surface area contributed by atoms with Crippen LogP contribution in [0.2, 0.25) is 0 Å². The molecular formula is C23H35IN6O2. The van der Waals surface area contributed by atoms with Crippen LogP contribution in [0.3, 0.4) is 0 Å². The molecule has 0 atom stereocenters. The number of para-hydroxylation sites is 1. The highest BCUT2D eigenvalue weighted by atomic mass is 127. The Balaban J connectivity index is 0.00000363. The number of hydrogen-bond acceptors (Lipinski definition) is 4. The maximum absolute atomic E-state index is 11.9. The van der Waals surface area contributed by atoms with Gasteiger partial charge in [0.05, 0.1) is 24.5 Å². The second-order valence-corrected chi connectivity index (χ2v) is 7.70. The number of hydrogen-bond donors (Lipinski definition) is 2. The molecule has 1 aliphatic heterocycles. The van der Waals surface area contributed by atoms with Gasteiger partial charge in [-0.05, 0) is 52.7 Å². The van der Waals surface area contributed by atoms with Crippen LogP contribution in [0, 0.1) is 13.8 Å². The lowest BCUT2D eigenvalue weighted by atomic mass is 10.1. The van der Waals surface area contributed by atoms with Gasteiger partial charge in [-0.2, -0.15) is 5.10 Å². The predicted octanol–water partition coefficient (Wildman–Crippen LogP) is 3.78. The number of guanidine groups is 1. The molecule has 1 aromatic carbocycles. The summed E-state index contributed by atoms with van der Waals surface area (Å²) in [6.07, 6.45) is 1.52. The Morgan fingerprint density at radius 2 is 1.88 bits per heavy atom. The van der Waals surface area contributed by atoms with Crippen LogP contribution in [0.4, 0.5) is 4.79 Å². The molecule has 0 aliphatic carbocycles. The van der Waals surface area contributed by atoms with E-state index in [2.05, 4.69) is 36.6 Å². The maximum Gasteiger partial charge on any atom is 0.409 e. The van der Waals surface area contributed by atoms with Gasteiger partial charge in [0, 0.05) is 36.9 Å². The highest BCUT2D eigenvalue weighted by Crippen LogP contribution is 2.19. The van der Waals surface area contributed by atoms with E-state index < -0.39 is 0 Å². The molecule has 1 amide bonds. The van der Waals surface area contributed by atoms with Crippen LogP contribution in [0.1, 0.15) is 43.6 Å². The lowest BCUT2D eigenvalue weighted by molar-refractivity contribution is 0.0963. The van der Waals surface area contributed by atoms with Crippen molar-refractivity contribution >= 4 is 36.0 Å². The number of nitrogens with one attached hydrogen (secondary N) is 2. The summed E-state index contributed by atoms with van der Waals surface area (Å²) in [5.74, 6) is 0.795. The molecule has 1 saturated heterocycles. The summed E-state index contributed by atoms with van der Waals surface area (Å²) in [7, 11) is 0. The molecular weight excluding hydrogens is 519 g/mol. The van der Waals surface area contributed by atoms with E-state index in [1.165, 1.54) is 0 Å². The number of aryl methyl sites for hydroxylation is 1. The standard InChI is InChI=1S/C23H34N6O2.HI/c1-5-24-22(26-19-12-14-28(15-13-19)23(30)31-6-2)25-16-21-17(3)27-29(18(21)4)20-10-8-7-9-11-20;/h7-11,19H,5-6,12-16H2,1-4H3,(H2,24,25,26);1H. The Hall–Kier alpha value is -2.30. The van der Waals surface area contributed by atoms with Gasteiger partial charge in [-0.15, -0.1) is 24.0 Å². The molecule has 8 nitrogen and oxygen atoms in total. The summed E-state index contributed by atoms with van der Waals surface area (Å²) in [6.45, 7) is 11.1. The monoisotopic (exact) mass is 554 g/mol. The number of aliphatic imine (C=N–C) groups is 1. The minimum Gasteiger partial charge on any atom is -0.450 e. The Morgan fingerprint density at radius 1 is 1.19 bits per heavy atom. The topological polar surface area (TPSA) is 83.8 Å². The van der Waals surface area contributed by atoms with Crippen LogP contribution in [0.15, 0.2) is 35.3 Å². The normalized spacial score (nSPS) is 14.6. The molecule has 0 radical (unpaired) electrons. The number of benzene rings is 1. The quantitative estimate of drug-likeness (QED) is 0.323. The molecule has 0 spiro atoms. The summed E-state index contributed by atoms with van der Waals surface area (Å²) in [5, 5.41) is 11.6. The van der Waals surface area contributed by atoms with E-state index in [1.54, 1.807) is 4.90 Å². The molecule has 1 aromatic heterocycles. The van der Waals surface area contributed by atoms with Crippen molar-refractivity contribution in [3.8, 4) is 5.69 Å². The largest absolute Gasteiger partial charge is 0.450 e. The van der Waals surface area contributed by atoms with Crippen molar-refractivity contribution in [2.45, 2.75) is 53.1 Å². The van der Waals surface area contributed by atoms with E-state index in [9.17, 15) is 4.79 Å². The second-order valence-electron chi connectivity index (χ2n) is 7.70. The lowest BCUT2D eigenvalue weighted by Gasteiger charge is -2.32. The smallest absolute Gasteiger partial charge is 0.409 e. The van der Waals surface area contributed by atoms with Gasteiger partial charge >= 0.3 is 6.09 Å². The number of nitrogens with zero attached hydrogens (tertiary/aromatic N) is 4. The van der Waals surface area contributed by atoms with Crippen molar-refractivity contribution in [2.24, 2.45) is 4.99 Å². The predicted molar refractivity (Wildman–Crippen MR) is 138 cm³/mol. The van der Waals surface area contributed by atoms with Crippen LogP contribution < -0.4 is 10.6 Å². The number of amides is 1. The van der Waals surface area contributed by atoms with Gasteiger partial charge in [0.2, 0.25) is 0 Å². The van der Waals surface area contributed by atoms with Crippen LogP contribution in [-0.4, -0.2) is 59.0 Å². The van der Waals surface area contributed by atoms with E-state index in [-0.39, 0.29) is 36.1 Å². The van der Waals surface area contributed by atoms with Crippen LogP contribution in [0.5, 0.6) is 0 Å². The molecule has 2 heterocycles. The molecule has 0 bridgehead atoms. The minimum absolute atomic E-state index is 0. The van der Waals surface area contributed by atoms with Gasteiger partial charge in [-0.3, -0.25) is 0 Å². The third-order valence-corrected chi connectivity index (χ3v) is 5.54. The fourth-order valence-electron chi connectivity index (χ4n) is 3.82. The molecule has 32 heavy (non-hydrogen) atoms. The highest BCUT2D eigenvalue weighted by Gasteiger charge is 2.24. The fourth-order valence-corrected chi connectivity index (χ4v) is 3.82. The van der Waals surface area contributed by atoms with Crippen molar-refractivity contribution in [3.05, 3.63) is 47.3 Å². The van der Waals surface area contributed by atoms with Gasteiger partial charge in [0.1, 0.15) is 0 Å². The first-order valence-corrected chi connectivity index (χ1v) is 11.1. The Kier molecular flexibility index (Phi) is 10.3. The fraction of sp³-hybridized carbons (Fsp3) is 0.522. The summed E-state index contributed by atoms with van der Waals surface area (Å²) >= 11 is 0. The Labute approximate surface area is 207 Å². The van der Waals surface area contributed by atoms with Crippen LogP contribution in [-0.2, 0) is 11.3 Å². The lowest BCUT2D eigenvalue weighted by Crippen LogP contribution is -2.49. The number of rotatable bonds is 6. The molecule has 3 rings (SSSR count). The SMILES string of the molecule is CCNC(=NCc1c(C)nn(-c2ccccc2)c1C)NC1CCN(C(=O)OCC)CC1.I. The van der Waals surface area contributed by atoms with Crippen molar-refractivity contribution in [1.29, 1.82) is 0 Å². The van der Waals surface area contributed by atoms with Crippen molar-refractivity contribution < 1.29 is 9.53 Å². The molecule has 9 heteroatoms. The van der Waals surface area contributed by atoms with Crippen molar-refractivity contribution in [3.63, 3.8) is 0 Å².